The van der Waals surface area contributed by atoms with Crippen LogP contribution in [0.3, 0.4) is 0 Å². The molecular formula is C16H22ClFN2O. The first-order valence-electron chi connectivity index (χ1n) is 7.43. The highest BCUT2D eigenvalue weighted by Gasteiger charge is 2.45. The van der Waals surface area contributed by atoms with Gasteiger partial charge in [-0.2, -0.15) is 0 Å². The Hall–Kier alpha value is -1.13. The van der Waals surface area contributed by atoms with E-state index in [9.17, 15) is 9.18 Å². The number of nitrogens with two attached hydrogens (primary N) is 1. The van der Waals surface area contributed by atoms with Crippen molar-refractivity contribution < 1.29 is 9.18 Å². The van der Waals surface area contributed by atoms with Gasteiger partial charge in [-0.1, -0.05) is 25.0 Å². The molecule has 1 saturated heterocycles. The Labute approximate surface area is 131 Å². The molecule has 2 N–H and O–H groups in total. The van der Waals surface area contributed by atoms with E-state index < -0.39 is 5.41 Å². The van der Waals surface area contributed by atoms with Crippen molar-refractivity contribution in [2.45, 2.75) is 43.6 Å². The zero-order valence-electron chi connectivity index (χ0n) is 12.1. The zero-order valence-corrected chi connectivity index (χ0v) is 12.9. The van der Waals surface area contributed by atoms with Crippen molar-refractivity contribution in [2.24, 2.45) is 5.73 Å². The van der Waals surface area contributed by atoms with E-state index in [1.54, 1.807) is 12.1 Å². The van der Waals surface area contributed by atoms with Gasteiger partial charge in [0, 0.05) is 19.1 Å². The zero-order chi connectivity index (χ0) is 14.2. The fourth-order valence-corrected chi connectivity index (χ4v) is 3.65. The fourth-order valence-electron chi connectivity index (χ4n) is 3.65. The Morgan fingerprint density at radius 2 is 1.86 bits per heavy atom. The number of nitrogens with zero attached hydrogens (tertiary/aromatic N) is 1. The first-order valence-corrected chi connectivity index (χ1v) is 7.43. The molecule has 0 radical (unpaired) electrons. The average molecular weight is 313 g/mol. The Morgan fingerprint density at radius 3 is 2.38 bits per heavy atom. The molecule has 0 bridgehead atoms. The van der Waals surface area contributed by atoms with Crippen LogP contribution in [-0.4, -0.2) is 29.9 Å². The third-order valence-electron chi connectivity index (χ3n) is 4.78. The largest absolute Gasteiger partial charge is 0.340 e. The summed E-state index contributed by atoms with van der Waals surface area (Å²) in [6.45, 7) is 1.41. The standard InChI is InChI=1S/C16H21FN2O.ClH/c17-13-5-3-12(4-6-13)16(8-1-2-9-16)15(20)19-10-7-14(18)11-19;/h3-6,14H,1-2,7-11,18H2;1H/t14-;/m1./s1. The average Bonchev–Trinajstić information content (AvgIpc) is 3.08. The topological polar surface area (TPSA) is 46.3 Å². The molecule has 0 unspecified atom stereocenters. The van der Waals surface area contributed by atoms with Crippen LogP contribution >= 0.6 is 12.4 Å². The van der Waals surface area contributed by atoms with Crippen LogP contribution < -0.4 is 5.73 Å². The van der Waals surface area contributed by atoms with E-state index in [1.165, 1.54) is 12.1 Å². The molecule has 1 aromatic rings. The maximum absolute atomic E-state index is 13.1. The van der Waals surface area contributed by atoms with Crippen molar-refractivity contribution in [3.8, 4) is 0 Å². The van der Waals surface area contributed by atoms with Gasteiger partial charge in [-0.15, -0.1) is 12.4 Å². The summed E-state index contributed by atoms with van der Waals surface area (Å²) in [4.78, 5) is 14.9. The Morgan fingerprint density at radius 1 is 1.24 bits per heavy atom. The molecule has 1 saturated carbocycles. The summed E-state index contributed by atoms with van der Waals surface area (Å²) in [5.74, 6) is -0.0629. The maximum Gasteiger partial charge on any atom is 0.233 e. The molecule has 21 heavy (non-hydrogen) atoms. The summed E-state index contributed by atoms with van der Waals surface area (Å²) in [7, 11) is 0. The molecule has 1 aliphatic carbocycles. The fraction of sp³-hybridized carbons (Fsp3) is 0.562. The van der Waals surface area contributed by atoms with Crippen LogP contribution in [0.15, 0.2) is 24.3 Å². The molecule has 3 nitrogen and oxygen atoms in total. The van der Waals surface area contributed by atoms with Crippen LogP contribution in [0.2, 0.25) is 0 Å². The van der Waals surface area contributed by atoms with Crippen LogP contribution in [-0.2, 0) is 10.2 Å². The molecule has 2 aliphatic rings. The van der Waals surface area contributed by atoms with Crippen molar-refractivity contribution in [3.05, 3.63) is 35.6 Å². The number of amides is 1. The lowest BCUT2D eigenvalue weighted by atomic mass is 9.77. The van der Waals surface area contributed by atoms with E-state index in [0.717, 1.165) is 44.2 Å². The molecule has 1 aliphatic heterocycles. The minimum absolute atomic E-state index is 0. The third kappa shape index (κ3) is 2.92. The number of benzene rings is 1. The number of carbonyl (C=O) groups excluding carboxylic acids is 1. The summed E-state index contributed by atoms with van der Waals surface area (Å²) in [6.07, 6.45) is 4.73. The van der Waals surface area contributed by atoms with Crippen molar-refractivity contribution >= 4 is 18.3 Å². The number of rotatable bonds is 2. The highest BCUT2D eigenvalue weighted by molar-refractivity contribution is 5.89. The number of hydrogen-bond acceptors (Lipinski definition) is 2. The number of halogens is 2. The van der Waals surface area contributed by atoms with Gasteiger partial charge in [0.05, 0.1) is 5.41 Å². The van der Waals surface area contributed by atoms with E-state index in [1.807, 2.05) is 4.90 Å². The number of likely N-dealkylation sites (tertiary alicyclic amines) is 1. The van der Waals surface area contributed by atoms with Crippen molar-refractivity contribution in [1.29, 1.82) is 0 Å². The molecular weight excluding hydrogens is 291 g/mol. The maximum atomic E-state index is 13.1. The highest BCUT2D eigenvalue weighted by atomic mass is 35.5. The van der Waals surface area contributed by atoms with Gasteiger partial charge in [0.1, 0.15) is 5.82 Å². The van der Waals surface area contributed by atoms with Gasteiger partial charge in [0.15, 0.2) is 0 Å². The second-order valence-electron chi connectivity index (χ2n) is 6.10. The van der Waals surface area contributed by atoms with Crippen LogP contribution in [0, 0.1) is 5.82 Å². The van der Waals surface area contributed by atoms with Gasteiger partial charge >= 0.3 is 0 Å². The molecule has 5 heteroatoms. The smallest absolute Gasteiger partial charge is 0.233 e. The van der Waals surface area contributed by atoms with Crippen LogP contribution in [0.4, 0.5) is 4.39 Å². The summed E-state index contributed by atoms with van der Waals surface area (Å²) in [5.41, 5.74) is 6.43. The monoisotopic (exact) mass is 312 g/mol. The minimum atomic E-state index is -0.447. The lowest BCUT2D eigenvalue weighted by Crippen LogP contribution is -2.45. The molecule has 1 heterocycles. The van der Waals surface area contributed by atoms with E-state index in [4.69, 9.17) is 5.73 Å². The van der Waals surface area contributed by atoms with Gasteiger partial charge in [0.2, 0.25) is 5.91 Å². The summed E-state index contributed by atoms with van der Waals surface area (Å²) >= 11 is 0. The number of hydrogen-bond donors (Lipinski definition) is 1. The van der Waals surface area contributed by atoms with Crippen molar-refractivity contribution in [3.63, 3.8) is 0 Å². The van der Waals surface area contributed by atoms with Gasteiger partial charge in [-0.25, -0.2) is 4.39 Å². The molecule has 3 rings (SSSR count). The van der Waals surface area contributed by atoms with Gasteiger partial charge in [0.25, 0.3) is 0 Å². The molecule has 116 valence electrons. The highest BCUT2D eigenvalue weighted by Crippen LogP contribution is 2.43. The summed E-state index contributed by atoms with van der Waals surface area (Å²) < 4.78 is 13.1. The quantitative estimate of drug-likeness (QED) is 0.912. The normalized spacial score (nSPS) is 23.9. The Balaban J connectivity index is 0.00000161. The van der Waals surface area contributed by atoms with Crippen molar-refractivity contribution in [2.75, 3.05) is 13.1 Å². The van der Waals surface area contributed by atoms with Crippen molar-refractivity contribution in [1.82, 2.24) is 4.90 Å². The van der Waals surface area contributed by atoms with Crippen LogP contribution in [0.5, 0.6) is 0 Å². The predicted molar refractivity (Wildman–Crippen MR) is 83.0 cm³/mol. The number of carbonyl (C=O) groups is 1. The van der Waals surface area contributed by atoms with E-state index in [-0.39, 0.29) is 30.2 Å². The first kappa shape index (κ1) is 16.2. The molecule has 0 aromatic heterocycles. The third-order valence-corrected chi connectivity index (χ3v) is 4.78. The van der Waals surface area contributed by atoms with Gasteiger partial charge in [-0.05, 0) is 37.0 Å². The second-order valence-corrected chi connectivity index (χ2v) is 6.10. The molecule has 1 aromatic carbocycles. The lowest BCUT2D eigenvalue weighted by Gasteiger charge is -2.33. The molecule has 0 spiro atoms. The van der Waals surface area contributed by atoms with Gasteiger partial charge < -0.3 is 10.6 Å². The van der Waals surface area contributed by atoms with Crippen LogP contribution in [0.25, 0.3) is 0 Å². The molecule has 2 fully saturated rings. The first-order chi connectivity index (χ1) is 9.62. The van der Waals surface area contributed by atoms with E-state index in [0.29, 0.717) is 6.54 Å². The SMILES string of the molecule is Cl.N[C@@H]1CCN(C(=O)C2(c3ccc(F)cc3)CCCC2)C1. The Kier molecular flexibility index (Phi) is 4.89. The van der Waals surface area contributed by atoms with Crippen LogP contribution in [0.1, 0.15) is 37.7 Å². The van der Waals surface area contributed by atoms with E-state index >= 15 is 0 Å². The summed E-state index contributed by atoms with van der Waals surface area (Å²) in [6, 6.07) is 6.56. The lowest BCUT2D eigenvalue weighted by molar-refractivity contribution is -0.136. The Bertz CT molecular complexity index is 500. The molecule has 1 amide bonds. The summed E-state index contributed by atoms with van der Waals surface area (Å²) in [5, 5.41) is 0. The van der Waals surface area contributed by atoms with E-state index in [2.05, 4.69) is 0 Å². The predicted octanol–water partition coefficient (Wildman–Crippen LogP) is 2.62. The molecule has 1 atom stereocenters. The minimum Gasteiger partial charge on any atom is -0.340 e. The van der Waals surface area contributed by atoms with Gasteiger partial charge in [-0.3, -0.25) is 4.79 Å². The second kappa shape index (κ2) is 6.32.